The molecule has 106 valence electrons. The van der Waals surface area contributed by atoms with Crippen molar-refractivity contribution in [3.63, 3.8) is 0 Å². The maximum Gasteiger partial charge on any atom is 0.212 e. The van der Waals surface area contributed by atoms with Crippen LogP contribution in [-0.2, 0) is 0 Å². The molecular weight excluding hydrogens is 315 g/mol. The maximum atomic E-state index is 12.8. The smallest absolute Gasteiger partial charge is 0.212 e. The summed E-state index contributed by atoms with van der Waals surface area (Å²) in [6, 6.07) is 5.97. The molecule has 2 aromatic rings. The van der Waals surface area contributed by atoms with Gasteiger partial charge in [0.15, 0.2) is 9.45 Å². The van der Waals surface area contributed by atoms with E-state index in [1.54, 1.807) is 23.9 Å². The zero-order chi connectivity index (χ0) is 14.5. The van der Waals surface area contributed by atoms with Crippen molar-refractivity contribution < 1.29 is 4.39 Å². The predicted molar refractivity (Wildman–Crippen MR) is 87.1 cm³/mol. The van der Waals surface area contributed by atoms with E-state index in [0.29, 0.717) is 21.2 Å². The SMILES string of the molecule is CC(C)Sc1nnc(NC(=S)Nc2ccc(F)cc2)s1. The Balaban J connectivity index is 1.91. The highest BCUT2D eigenvalue weighted by Gasteiger charge is 2.08. The summed E-state index contributed by atoms with van der Waals surface area (Å²) in [4.78, 5) is 0. The second-order valence-corrected chi connectivity index (χ2v) is 7.34. The minimum absolute atomic E-state index is 0.283. The first kappa shape index (κ1) is 15.1. The van der Waals surface area contributed by atoms with E-state index in [0.717, 1.165) is 4.34 Å². The van der Waals surface area contributed by atoms with Crippen LogP contribution in [0.2, 0.25) is 0 Å². The highest BCUT2D eigenvalue weighted by Crippen LogP contribution is 2.28. The van der Waals surface area contributed by atoms with Crippen LogP contribution in [0.4, 0.5) is 15.2 Å². The van der Waals surface area contributed by atoms with Crippen LogP contribution >= 0.6 is 35.3 Å². The van der Waals surface area contributed by atoms with Crippen molar-refractivity contribution in [2.75, 3.05) is 10.6 Å². The largest absolute Gasteiger partial charge is 0.332 e. The van der Waals surface area contributed by atoms with Crippen LogP contribution in [0.25, 0.3) is 0 Å². The van der Waals surface area contributed by atoms with E-state index in [1.807, 2.05) is 0 Å². The van der Waals surface area contributed by atoms with Crippen LogP contribution < -0.4 is 10.6 Å². The number of hydrogen-bond donors (Lipinski definition) is 2. The number of hydrogen-bond acceptors (Lipinski definition) is 5. The summed E-state index contributed by atoms with van der Waals surface area (Å²) < 4.78 is 13.7. The lowest BCUT2D eigenvalue weighted by Crippen LogP contribution is -2.18. The molecule has 0 saturated carbocycles. The van der Waals surface area contributed by atoms with Crippen molar-refractivity contribution in [2.24, 2.45) is 0 Å². The number of anilines is 2. The third kappa shape index (κ3) is 4.69. The van der Waals surface area contributed by atoms with E-state index in [1.165, 1.54) is 23.5 Å². The van der Waals surface area contributed by atoms with Gasteiger partial charge in [-0.05, 0) is 36.5 Å². The number of rotatable bonds is 4. The molecule has 2 N–H and O–H groups in total. The number of aromatic nitrogens is 2. The Morgan fingerprint density at radius 1 is 1.25 bits per heavy atom. The molecule has 2 rings (SSSR count). The maximum absolute atomic E-state index is 12.8. The molecule has 8 heteroatoms. The van der Waals surface area contributed by atoms with Crippen molar-refractivity contribution in [1.82, 2.24) is 10.2 Å². The highest BCUT2D eigenvalue weighted by atomic mass is 32.2. The Morgan fingerprint density at radius 2 is 1.95 bits per heavy atom. The van der Waals surface area contributed by atoms with Gasteiger partial charge in [-0.25, -0.2) is 4.39 Å². The second kappa shape index (κ2) is 6.96. The van der Waals surface area contributed by atoms with Gasteiger partial charge >= 0.3 is 0 Å². The first-order valence-corrected chi connectivity index (χ1v) is 7.97. The van der Waals surface area contributed by atoms with Gasteiger partial charge in [0.25, 0.3) is 0 Å². The van der Waals surface area contributed by atoms with E-state index in [9.17, 15) is 4.39 Å². The lowest BCUT2D eigenvalue weighted by Gasteiger charge is -2.07. The summed E-state index contributed by atoms with van der Waals surface area (Å²) in [6.07, 6.45) is 0. The number of thioether (sulfide) groups is 1. The van der Waals surface area contributed by atoms with Gasteiger partial charge in [0.2, 0.25) is 5.13 Å². The van der Waals surface area contributed by atoms with E-state index < -0.39 is 0 Å². The van der Waals surface area contributed by atoms with E-state index in [-0.39, 0.29) is 5.82 Å². The molecule has 1 aromatic heterocycles. The summed E-state index contributed by atoms with van der Waals surface area (Å²) in [6.45, 7) is 4.19. The number of thiocarbonyl (C=S) groups is 1. The van der Waals surface area contributed by atoms with Gasteiger partial charge in [-0.3, -0.25) is 0 Å². The molecule has 4 nitrogen and oxygen atoms in total. The quantitative estimate of drug-likeness (QED) is 0.654. The molecule has 0 bridgehead atoms. The van der Waals surface area contributed by atoms with Crippen LogP contribution in [0.15, 0.2) is 28.6 Å². The number of nitrogens with one attached hydrogen (secondary N) is 2. The number of nitrogens with zero attached hydrogens (tertiary/aromatic N) is 2. The molecule has 0 spiro atoms. The van der Waals surface area contributed by atoms with Gasteiger partial charge in [0.05, 0.1) is 0 Å². The standard InChI is InChI=1S/C12H13FN4S3/c1-7(2)19-12-17-16-11(20-12)15-10(18)14-9-5-3-8(13)4-6-9/h3-7H,1-2H3,(H2,14,15,16,18). The van der Waals surface area contributed by atoms with Crippen LogP contribution in [0.5, 0.6) is 0 Å². The zero-order valence-electron chi connectivity index (χ0n) is 10.9. The number of benzene rings is 1. The van der Waals surface area contributed by atoms with Crippen molar-refractivity contribution >= 4 is 51.2 Å². The van der Waals surface area contributed by atoms with Gasteiger partial charge in [-0.15, -0.1) is 10.2 Å². The monoisotopic (exact) mass is 328 g/mol. The Labute approximate surface area is 130 Å². The molecule has 0 radical (unpaired) electrons. The third-order valence-electron chi connectivity index (χ3n) is 2.07. The summed E-state index contributed by atoms with van der Waals surface area (Å²) in [7, 11) is 0. The van der Waals surface area contributed by atoms with Crippen molar-refractivity contribution in [1.29, 1.82) is 0 Å². The van der Waals surface area contributed by atoms with E-state index in [4.69, 9.17) is 12.2 Å². The zero-order valence-corrected chi connectivity index (χ0v) is 13.3. The van der Waals surface area contributed by atoms with Crippen molar-refractivity contribution in [3.05, 3.63) is 30.1 Å². The molecule has 0 fully saturated rings. The Bertz CT molecular complexity index is 583. The van der Waals surface area contributed by atoms with Gasteiger partial charge in [0.1, 0.15) is 5.82 Å². The number of halogens is 1. The summed E-state index contributed by atoms with van der Waals surface area (Å²) in [5, 5.41) is 15.5. The fourth-order valence-electron chi connectivity index (χ4n) is 1.30. The van der Waals surface area contributed by atoms with E-state index in [2.05, 4.69) is 34.7 Å². The third-order valence-corrected chi connectivity index (χ3v) is 4.20. The van der Waals surface area contributed by atoms with Gasteiger partial charge < -0.3 is 10.6 Å². The topological polar surface area (TPSA) is 49.8 Å². The minimum atomic E-state index is -0.283. The average Bonchev–Trinajstić information content (AvgIpc) is 2.78. The molecule has 0 unspecified atom stereocenters. The lowest BCUT2D eigenvalue weighted by molar-refractivity contribution is 0.628. The lowest BCUT2D eigenvalue weighted by atomic mass is 10.3. The summed E-state index contributed by atoms with van der Waals surface area (Å²) in [5.74, 6) is -0.283. The molecule has 0 aliphatic heterocycles. The predicted octanol–water partition coefficient (Wildman–Crippen LogP) is 3.99. The first-order chi connectivity index (χ1) is 9.52. The fraction of sp³-hybridized carbons (Fsp3) is 0.250. The molecule has 1 aromatic carbocycles. The summed E-state index contributed by atoms with van der Waals surface area (Å²) >= 11 is 8.26. The van der Waals surface area contributed by atoms with Crippen LogP contribution in [0, 0.1) is 5.82 Å². The van der Waals surface area contributed by atoms with Gasteiger partial charge in [0, 0.05) is 10.9 Å². The molecule has 0 aliphatic rings. The molecule has 0 saturated heterocycles. The molecule has 0 aliphatic carbocycles. The Hall–Kier alpha value is -1.25. The van der Waals surface area contributed by atoms with E-state index >= 15 is 0 Å². The Kier molecular flexibility index (Phi) is 5.27. The average molecular weight is 328 g/mol. The van der Waals surface area contributed by atoms with Gasteiger partial charge in [-0.2, -0.15) is 0 Å². The van der Waals surface area contributed by atoms with Crippen LogP contribution in [-0.4, -0.2) is 20.6 Å². The molecule has 1 heterocycles. The first-order valence-electron chi connectivity index (χ1n) is 5.86. The normalized spacial score (nSPS) is 10.6. The highest BCUT2D eigenvalue weighted by molar-refractivity contribution is 8.01. The van der Waals surface area contributed by atoms with Crippen LogP contribution in [0.1, 0.15) is 13.8 Å². The molecule has 20 heavy (non-hydrogen) atoms. The molecule has 0 atom stereocenters. The molecular formula is C12H13FN4S3. The minimum Gasteiger partial charge on any atom is -0.332 e. The van der Waals surface area contributed by atoms with Crippen LogP contribution in [0.3, 0.4) is 0 Å². The molecule has 0 amide bonds. The van der Waals surface area contributed by atoms with Crippen molar-refractivity contribution in [2.45, 2.75) is 23.4 Å². The van der Waals surface area contributed by atoms with Crippen molar-refractivity contribution in [3.8, 4) is 0 Å². The fourth-order valence-corrected chi connectivity index (χ4v) is 3.56. The second-order valence-electron chi connectivity index (χ2n) is 4.13. The van der Waals surface area contributed by atoms with Gasteiger partial charge in [-0.1, -0.05) is 36.9 Å². The summed E-state index contributed by atoms with van der Waals surface area (Å²) in [5.41, 5.74) is 0.713. The Morgan fingerprint density at radius 3 is 2.60 bits per heavy atom.